The lowest BCUT2D eigenvalue weighted by Crippen LogP contribution is -2.53. The average molecular weight is 315 g/mol. The Kier molecular flexibility index (Phi) is 6.49. The molecule has 0 spiro atoms. The van der Waals surface area contributed by atoms with E-state index in [-0.39, 0.29) is 12.0 Å². The molecule has 1 aliphatic heterocycles. The van der Waals surface area contributed by atoms with Crippen molar-refractivity contribution in [1.82, 2.24) is 15.5 Å². The van der Waals surface area contributed by atoms with Crippen LogP contribution in [0.25, 0.3) is 0 Å². The number of hydrogen-bond donors (Lipinski definition) is 2. The summed E-state index contributed by atoms with van der Waals surface area (Å²) in [4.78, 5) is 2.34. The van der Waals surface area contributed by atoms with Crippen molar-refractivity contribution in [2.45, 2.75) is 31.6 Å². The fourth-order valence-corrected chi connectivity index (χ4v) is 2.88. The molecule has 1 heterocycles. The van der Waals surface area contributed by atoms with Crippen LogP contribution in [0.1, 0.15) is 18.4 Å². The number of benzene rings is 1. The van der Waals surface area contributed by atoms with Gasteiger partial charge >= 0.3 is 0 Å². The van der Waals surface area contributed by atoms with E-state index in [1.807, 2.05) is 24.3 Å². The zero-order valence-corrected chi connectivity index (χ0v) is 13.3. The quantitative estimate of drug-likeness (QED) is 0.780. The molecule has 0 bridgehead atoms. The van der Waals surface area contributed by atoms with Crippen LogP contribution < -0.4 is 10.6 Å². The van der Waals surface area contributed by atoms with Crippen LogP contribution in [-0.2, 0) is 6.54 Å². The first-order chi connectivity index (χ1) is 11.2. The lowest BCUT2D eigenvalue weighted by molar-refractivity contribution is 0.178. The Hall–Kier alpha value is -1.99. The van der Waals surface area contributed by atoms with Crippen molar-refractivity contribution in [3.8, 4) is 12.1 Å². The molecule has 1 aromatic rings. The number of nitriles is 2. The Morgan fingerprint density at radius 2 is 1.83 bits per heavy atom. The molecule has 0 saturated carbocycles. The summed E-state index contributed by atoms with van der Waals surface area (Å²) in [5.74, 6) is -0.906. The molecule has 1 fully saturated rings. The summed E-state index contributed by atoms with van der Waals surface area (Å²) in [6, 6.07) is 10.9. The molecule has 23 heavy (non-hydrogen) atoms. The second kappa shape index (κ2) is 8.59. The van der Waals surface area contributed by atoms with E-state index in [4.69, 9.17) is 10.5 Å². The highest BCUT2D eigenvalue weighted by Crippen LogP contribution is 2.15. The van der Waals surface area contributed by atoms with Gasteiger partial charge in [0, 0.05) is 12.6 Å². The largest absolute Gasteiger partial charge is 0.303 e. The molecule has 1 saturated heterocycles. The van der Waals surface area contributed by atoms with Gasteiger partial charge in [0.05, 0.1) is 18.3 Å². The highest BCUT2D eigenvalue weighted by atomic mass is 19.1. The van der Waals surface area contributed by atoms with Crippen molar-refractivity contribution < 1.29 is 4.39 Å². The summed E-state index contributed by atoms with van der Waals surface area (Å²) in [7, 11) is 1.75. The minimum absolute atomic E-state index is 0.209. The van der Waals surface area contributed by atoms with Gasteiger partial charge in [0.15, 0.2) is 5.92 Å². The van der Waals surface area contributed by atoms with Gasteiger partial charge in [-0.2, -0.15) is 10.5 Å². The predicted molar refractivity (Wildman–Crippen MR) is 85.4 cm³/mol. The third-order valence-electron chi connectivity index (χ3n) is 4.24. The fraction of sp³-hybridized carbons (Fsp3) is 0.529. The van der Waals surface area contributed by atoms with Crippen LogP contribution in [0.5, 0.6) is 0 Å². The summed E-state index contributed by atoms with van der Waals surface area (Å²) < 4.78 is 12.9. The summed E-state index contributed by atoms with van der Waals surface area (Å²) in [5.41, 5.74) is 1.11. The second-order valence-electron chi connectivity index (χ2n) is 5.85. The van der Waals surface area contributed by atoms with Gasteiger partial charge in [0.25, 0.3) is 0 Å². The first kappa shape index (κ1) is 17.4. The van der Waals surface area contributed by atoms with Gasteiger partial charge in [-0.05, 0) is 50.7 Å². The summed E-state index contributed by atoms with van der Waals surface area (Å²) in [5, 5.41) is 24.4. The maximum absolute atomic E-state index is 12.9. The third kappa shape index (κ3) is 5.01. The van der Waals surface area contributed by atoms with Crippen molar-refractivity contribution in [2.24, 2.45) is 5.92 Å². The van der Waals surface area contributed by atoms with Crippen molar-refractivity contribution in [3.05, 3.63) is 35.6 Å². The zero-order chi connectivity index (χ0) is 16.7. The van der Waals surface area contributed by atoms with E-state index < -0.39 is 5.92 Å². The number of hydrogen-bond acceptors (Lipinski definition) is 5. The van der Waals surface area contributed by atoms with Gasteiger partial charge < -0.3 is 5.32 Å². The topological polar surface area (TPSA) is 74.9 Å². The highest BCUT2D eigenvalue weighted by molar-refractivity contribution is 5.16. The molecule has 5 nitrogen and oxygen atoms in total. The Balaban J connectivity index is 1.80. The Bertz CT molecular complexity index is 552. The number of likely N-dealkylation sites (tertiary alicyclic amines) is 1. The summed E-state index contributed by atoms with van der Waals surface area (Å²) >= 11 is 0. The number of nitrogens with one attached hydrogen (secondary N) is 2. The molecular formula is C17H22FN5. The van der Waals surface area contributed by atoms with E-state index >= 15 is 0 Å². The number of halogens is 1. The van der Waals surface area contributed by atoms with E-state index in [1.54, 1.807) is 7.05 Å². The first-order valence-electron chi connectivity index (χ1n) is 7.85. The van der Waals surface area contributed by atoms with Crippen LogP contribution in [-0.4, -0.2) is 37.2 Å². The Morgan fingerprint density at radius 3 is 2.35 bits per heavy atom. The molecule has 1 unspecified atom stereocenters. The maximum atomic E-state index is 12.9. The number of rotatable bonds is 6. The number of nitrogens with zero attached hydrogens (tertiary/aromatic N) is 3. The summed E-state index contributed by atoms with van der Waals surface area (Å²) in [6.07, 6.45) is 1.62. The molecule has 0 aliphatic carbocycles. The minimum Gasteiger partial charge on any atom is -0.303 e. The third-order valence-corrected chi connectivity index (χ3v) is 4.24. The van der Waals surface area contributed by atoms with E-state index in [0.717, 1.165) is 38.0 Å². The molecule has 2 rings (SSSR count). The molecule has 1 aromatic carbocycles. The van der Waals surface area contributed by atoms with Gasteiger partial charge in [0.2, 0.25) is 0 Å². The SMILES string of the molecule is CNC(NC1CCN(Cc2ccc(F)cc2)CC1)C(C#N)C#N. The number of piperidine rings is 1. The van der Waals surface area contributed by atoms with Crippen LogP contribution in [0.15, 0.2) is 24.3 Å². The van der Waals surface area contributed by atoms with Gasteiger partial charge in [-0.3, -0.25) is 10.2 Å². The minimum atomic E-state index is -0.697. The van der Waals surface area contributed by atoms with Crippen molar-refractivity contribution in [2.75, 3.05) is 20.1 Å². The first-order valence-corrected chi connectivity index (χ1v) is 7.85. The van der Waals surface area contributed by atoms with Crippen LogP contribution in [0.2, 0.25) is 0 Å². The highest BCUT2D eigenvalue weighted by Gasteiger charge is 2.25. The van der Waals surface area contributed by atoms with Crippen molar-refractivity contribution in [1.29, 1.82) is 10.5 Å². The predicted octanol–water partition coefficient (Wildman–Crippen LogP) is 1.59. The molecule has 1 atom stereocenters. The molecule has 0 radical (unpaired) electrons. The molecule has 6 heteroatoms. The molecule has 2 N–H and O–H groups in total. The van der Waals surface area contributed by atoms with Gasteiger partial charge in [-0.25, -0.2) is 4.39 Å². The molecular weight excluding hydrogens is 293 g/mol. The standard InChI is InChI=1S/C17H22FN5/c1-21-17(14(10-19)11-20)22-16-6-8-23(9-7-16)12-13-2-4-15(18)5-3-13/h2-5,14,16-17,21-22H,6-9,12H2,1H3. The fourth-order valence-electron chi connectivity index (χ4n) is 2.88. The molecule has 0 amide bonds. The molecule has 0 aromatic heterocycles. The normalized spacial score (nSPS) is 17.6. The molecule has 1 aliphatic rings. The zero-order valence-electron chi connectivity index (χ0n) is 13.3. The monoisotopic (exact) mass is 315 g/mol. The van der Waals surface area contributed by atoms with Crippen LogP contribution in [0.4, 0.5) is 4.39 Å². The second-order valence-corrected chi connectivity index (χ2v) is 5.85. The van der Waals surface area contributed by atoms with Gasteiger partial charge in [-0.15, -0.1) is 0 Å². The van der Waals surface area contributed by atoms with E-state index in [9.17, 15) is 4.39 Å². The van der Waals surface area contributed by atoms with Gasteiger partial charge in [0.1, 0.15) is 5.82 Å². The van der Waals surface area contributed by atoms with E-state index in [1.165, 1.54) is 12.1 Å². The average Bonchev–Trinajstić information content (AvgIpc) is 2.58. The van der Waals surface area contributed by atoms with Crippen molar-refractivity contribution in [3.63, 3.8) is 0 Å². The van der Waals surface area contributed by atoms with E-state index in [0.29, 0.717) is 6.04 Å². The van der Waals surface area contributed by atoms with Gasteiger partial charge in [-0.1, -0.05) is 12.1 Å². The smallest absolute Gasteiger partial charge is 0.161 e. The molecule has 122 valence electrons. The maximum Gasteiger partial charge on any atom is 0.161 e. The Morgan fingerprint density at radius 1 is 1.22 bits per heavy atom. The van der Waals surface area contributed by atoms with E-state index in [2.05, 4.69) is 15.5 Å². The van der Waals surface area contributed by atoms with Crippen LogP contribution >= 0.6 is 0 Å². The lowest BCUT2D eigenvalue weighted by atomic mass is 10.0. The van der Waals surface area contributed by atoms with Crippen LogP contribution in [0, 0.1) is 34.4 Å². The summed E-state index contributed by atoms with van der Waals surface area (Å²) in [6.45, 7) is 2.70. The van der Waals surface area contributed by atoms with Crippen LogP contribution in [0.3, 0.4) is 0 Å². The Labute approximate surface area is 136 Å². The lowest BCUT2D eigenvalue weighted by Gasteiger charge is -2.34. The van der Waals surface area contributed by atoms with Crippen molar-refractivity contribution >= 4 is 0 Å².